The summed E-state index contributed by atoms with van der Waals surface area (Å²) in [6.45, 7) is 1.80. The van der Waals surface area contributed by atoms with Gasteiger partial charge in [-0.1, -0.05) is 0 Å². The van der Waals surface area contributed by atoms with E-state index in [1.54, 1.807) is 0 Å². The minimum absolute atomic E-state index is 0.482. The van der Waals surface area contributed by atoms with Crippen LogP contribution in [0.5, 0.6) is 0 Å². The number of carbonyl (C=O) groups is 2. The first-order valence-electron chi connectivity index (χ1n) is 3.05. The van der Waals surface area contributed by atoms with Gasteiger partial charge in [0.2, 0.25) is 5.91 Å². The zero-order valence-electron chi connectivity index (χ0n) is 6.42. The summed E-state index contributed by atoms with van der Waals surface area (Å²) < 4.78 is 0. The van der Waals surface area contributed by atoms with E-state index in [4.69, 9.17) is 10.2 Å². The van der Waals surface area contributed by atoms with Gasteiger partial charge in [0.1, 0.15) is 0 Å². The van der Waals surface area contributed by atoms with E-state index in [1.807, 2.05) is 0 Å². The fourth-order valence-corrected chi connectivity index (χ4v) is 0.549. The number of amides is 1. The fourth-order valence-electron chi connectivity index (χ4n) is 0.549. The van der Waals surface area contributed by atoms with Crippen LogP contribution < -0.4 is 5.32 Å². The van der Waals surface area contributed by atoms with Crippen molar-refractivity contribution < 1.29 is 19.8 Å². The van der Waals surface area contributed by atoms with E-state index in [0.29, 0.717) is 0 Å². The van der Waals surface area contributed by atoms with Gasteiger partial charge in [0.05, 0.1) is 6.61 Å². The quantitative estimate of drug-likeness (QED) is 0.493. The zero-order chi connectivity index (χ0) is 9.07. The summed E-state index contributed by atoms with van der Waals surface area (Å²) in [5.41, 5.74) is -1.56. The summed E-state index contributed by atoms with van der Waals surface area (Å²) in [5, 5.41) is 19.2. The van der Waals surface area contributed by atoms with Gasteiger partial charge in [0, 0.05) is 6.92 Å². The lowest BCUT2D eigenvalue weighted by atomic mass is 10.1. The first-order chi connectivity index (χ1) is 4.92. The molecule has 0 aromatic heterocycles. The average molecular weight is 161 g/mol. The number of aliphatic hydroxyl groups is 1. The molecule has 0 unspecified atom stereocenters. The van der Waals surface area contributed by atoms with Gasteiger partial charge in [-0.3, -0.25) is 4.79 Å². The summed E-state index contributed by atoms with van der Waals surface area (Å²) in [4.78, 5) is 20.9. The molecular weight excluding hydrogens is 150 g/mol. The Hall–Kier alpha value is -1.10. The van der Waals surface area contributed by atoms with Crippen molar-refractivity contribution in [2.45, 2.75) is 19.4 Å². The molecule has 0 fully saturated rings. The van der Waals surface area contributed by atoms with Crippen molar-refractivity contribution in [1.82, 2.24) is 5.32 Å². The number of aliphatic hydroxyl groups excluding tert-OH is 1. The minimum atomic E-state index is -1.56. The molecule has 1 atom stereocenters. The molecule has 0 saturated carbocycles. The number of hydrogen-bond acceptors (Lipinski definition) is 3. The lowest BCUT2D eigenvalue weighted by Crippen LogP contribution is -2.54. The molecule has 5 heteroatoms. The Morgan fingerprint density at radius 2 is 2.00 bits per heavy atom. The van der Waals surface area contributed by atoms with Crippen molar-refractivity contribution in [2.75, 3.05) is 6.61 Å². The van der Waals surface area contributed by atoms with E-state index in [2.05, 4.69) is 5.32 Å². The van der Waals surface area contributed by atoms with E-state index in [1.165, 1.54) is 13.8 Å². The van der Waals surface area contributed by atoms with Gasteiger partial charge in [-0.25, -0.2) is 4.79 Å². The summed E-state index contributed by atoms with van der Waals surface area (Å²) in [6, 6.07) is 0. The monoisotopic (exact) mass is 161 g/mol. The Balaban J connectivity index is 4.34. The summed E-state index contributed by atoms with van der Waals surface area (Å²) in [7, 11) is 0. The molecule has 64 valence electrons. The highest BCUT2D eigenvalue weighted by Crippen LogP contribution is 2.01. The molecule has 0 aromatic carbocycles. The van der Waals surface area contributed by atoms with Gasteiger partial charge in [-0.2, -0.15) is 0 Å². The third kappa shape index (κ3) is 2.55. The SMILES string of the molecule is CC(=O)N[C@](C)(CO)C(=O)O. The molecule has 0 bridgehead atoms. The summed E-state index contributed by atoms with van der Waals surface area (Å²) >= 11 is 0. The Morgan fingerprint density at radius 1 is 1.55 bits per heavy atom. The topological polar surface area (TPSA) is 86.6 Å². The second kappa shape index (κ2) is 3.34. The summed E-state index contributed by atoms with van der Waals surface area (Å²) in [6.07, 6.45) is 0. The van der Waals surface area contributed by atoms with Crippen LogP contribution in [-0.4, -0.2) is 34.2 Å². The first kappa shape index (κ1) is 9.90. The maximum atomic E-state index is 10.4. The smallest absolute Gasteiger partial charge is 0.331 e. The molecule has 0 aliphatic carbocycles. The molecule has 0 aliphatic rings. The molecule has 5 nitrogen and oxygen atoms in total. The molecule has 3 N–H and O–H groups in total. The van der Waals surface area contributed by atoms with Crippen LogP contribution in [0.4, 0.5) is 0 Å². The minimum Gasteiger partial charge on any atom is -0.479 e. The number of carbonyl (C=O) groups excluding carboxylic acids is 1. The number of carboxylic acids is 1. The third-order valence-corrected chi connectivity index (χ3v) is 1.24. The van der Waals surface area contributed by atoms with Gasteiger partial charge in [-0.05, 0) is 6.92 Å². The normalized spacial score (nSPS) is 15.2. The van der Waals surface area contributed by atoms with Crippen LogP contribution in [0.3, 0.4) is 0 Å². The Bertz CT molecular complexity index is 179. The second-order valence-electron chi connectivity index (χ2n) is 2.48. The van der Waals surface area contributed by atoms with Crippen molar-refractivity contribution in [2.24, 2.45) is 0 Å². The molecule has 0 spiro atoms. The predicted octanol–water partition coefficient (Wildman–Crippen LogP) is -1.04. The van der Waals surface area contributed by atoms with Crippen LogP contribution in [0, 0.1) is 0 Å². The van der Waals surface area contributed by atoms with Gasteiger partial charge in [0.25, 0.3) is 0 Å². The standard InChI is InChI=1S/C6H11NO4/c1-4(9)7-6(2,3-8)5(10)11/h8H,3H2,1-2H3,(H,7,9)(H,10,11)/t6-/m1/s1. The van der Waals surface area contributed by atoms with Crippen LogP contribution >= 0.6 is 0 Å². The molecule has 0 aliphatic heterocycles. The van der Waals surface area contributed by atoms with Crippen LogP contribution in [-0.2, 0) is 9.59 Å². The lowest BCUT2D eigenvalue weighted by molar-refractivity contribution is -0.148. The van der Waals surface area contributed by atoms with Crippen LogP contribution in [0.25, 0.3) is 0 Å². The van der Waals surface area contributed by atoms with Gasteiger partial charge in [-0.15, -0.1) is 0 Å². The van der Waals surface area contributed by atoms with Crippen molar-refractivity contribution in [3.63, 3.8) is 0 Å². The molecule has 0 radical (unpaired) electrons. The second-order valence-corrected chi connectivity index (χ2v) is 2.48. The van der Waals surface area contributed by atoms with E-state index >= 15 is 0 Å². The van der Waals surface area contributed by atoms with Crippen LogP contribution in [0.15, 0.2) is 0 Å². The Kier molecular flexibility index (Phi) is 3.00. The zero-order valence-corrected chi connectivity index (χ0v) is 6.42. The van der Waals surface area contributed by atoms with Gasteiger partial charge >= 0.3 is 5.97 Å². The van der Waals surface area contributed by atoms with Crippen molar-refractivity contribution in [1.29, 1.82) is 0 Å². The fraction of sp³-hybridized carbons (Fsp3) is 0.667. The number of carboxylic acid groups (broad SMARTS) is 1. The van der Waals surface area contributed by atoms with Gasteiger partial charge < -0.3 is 15.5 Å². The molecular formula is C6H11NO4. The van der Waals surface area contributed by atoms with E-state index in [0.717, 1.165) is 0 Å². The highest BCUT2D eigenvalue weighted by molar-refractivity contribution is 5.85. The highest BCUT2D eigenvalue weighted by Gasteiger charge is 2.32. The van der Waals surface area contributed by atoms with Gasteiger partial charge in [0.15, 0.2) is 5.54 Å². The molecule has 11 heavy (non-hydrogen) atoms. The van der Waals surface area contributed by atoms with E-state index < -0.39 is 24.0 Å². The van der Waals surface area contributed by atoms with Crippen LogP contribution in [0.2, 0.25) is 0 Å². The molecule has 0 saturated heterocycles. The number of aliphatic carboxylic acids is 1. The molecule has 0 aromatic rings. The lowest BCUT2D eigenvalue weighted by Gasteiger charge is -2.22. The molecule has 0 rings (SSSR count). The maximum absolute atomic E-state index is 10.4. The number of nitrogens with one attached hydrogen (secondary N) is 1. The Labute approximate surface area is 64.0 Å². The average Bonchev–Trinajstić information content (AvgIpc) is 1.86. The largest absolute Gasteiger partial charge is 0.479 e. The predicted molar refractivity (Wildman–Crippen MR) is 36.9 cm³/mol. The number of hydrogen-bond donors (Lipinski definition) is 3. The van der Waals surface area contributed by atoms with Crippen molar-refractivity contribution in [3.8, 4) is 0 Å². The molecule has 0 heterocycles. The molecule has 1 amide bonds. The summed E-state index contributed by atoms with van der Waals surface area (Å²) in [5.74, 6) is -1.74. The van der Waals surface area contributed by atoms with E-state index in [9.17, 15) is 9.59 Å². The van der Waals surface area contributed by atoms with Crippen molar-refractivity contribution >= 4 is 11.9 Å². The first-order valence-corrected chi connectivity index (χ1v) is 3.05. The number of rotatable bonds is 3. The maximum Gasteiger partial charge on any atom is 0.331 e. The van der Waals surface area contributed by atoms with Crippen LogP contribution in [0.1, 0.15) is 13.8 Å². The van der Waals surface area contributed by atoms with Crippen molar-refractivity contribution in [3.05, 3.63) is 0 Å². The third-order valence-electron chi connectivity index (χ3n) is 1.24. The Morgan fingerprint density at radius 3 is 2.09 bits per heavy atom. The highest BCUT2D eigenvalue weighted by atomic mass is 16.4. The van der Waals surface area contributed by atoms with E-state index in [-0.39, 0.29) is 0 Å².